The minimum atomic E-state index is -4.29. The van der Waals surface area contributed by atoms with Gasteiger partial charge in [-0.15, -0.1) is 0 Å². The average Bonchev–Trinajstić information content (AvgIpc) is 2.58. The van der Waals surface area contributed by atoms with E-state index in [0.717, 1.165) is 12.1 Å². The molecular formula is C17H18F2N2O3S. The summed E-state index contributed by atoms with van der Waals surface area (Å²) in [5.41, 5.74) is 0.545. The second-order valence-electron chi connectivity index (χ2n) is 5.24. The van der Waals surface area contributed by atoms with Crippen molar-refractivity contribution in [2.45, 2.75) is 18.7 Å². The molecule has 134 valence electrons. The highest BCUT2D eigenvalue weighted by atomic mass is 32.2. The zero-order valence-corrected chi connectivity index (χ0v) is 14.6. The Balaban J connectivity index is 2.23. The number of nitrogens with one attached hydrogen (secondary N) is 1. The number of rotatable bonds is 6. The fraction of sp³-hybridized carbons (Fsp3) is 0.235. The van der Waals surface area contributed by atoms with Gasteiger partial charge in [-0.05, 0) is 56.3 Å². The Labute approximate surface area is 145 Å². The number of hydrogen-bond donors (Lipinski definition) is 1. The highest BCUT2D eigenvalue weighted by Gasteiger charge is 2.20. The van der Waals surface area contributed by atoms with Gasteiger partial charge in [0.2, 0.25) is 0 Å². The van der Waals surface area contributed by atoms with Crippen LogP contribution in [0.3, 0.4) is 0 Å². The van der Waals surface area contributed by atoms with Crippen molar-refractivity contribution < 1.29 is 22.0 Å². The summed E-state index contributed by atoms with van der Waals surface area (Å²) in [5.74, 6) is -2.08. The molecule has 8 heteroatoms. The van der Waals surface area contributed by atoms with Gasteiger partial charge in [0.05, 0.1) is 0 Å². The molecule has 0 fully saturated rings. The molecule has 0 aromatic heterocycles. The smallest absolute Gasteiger partial charge is 0.264 e. The van der Waals surface area contributed by atoms with E-state index in [2.05, 4.69) is 4.72 Å². The maximum atomic E-state index is 13.7. The Bertz CT molecular complexity index is 864. The monoisotopic (exact) mass is 368 g/mol. The van der Waals surface area contributed by atoms with Gasteiger partial charge in [0.15, 0.2) is 0 Å². The number of benzene rings is 2. The predicted molar refractivity (Wildman–Crippen MR) is 90.9 cm³/mol. The van der Waals surface area contributed by atoms with Crippen molar-refractivity contribution in [2.24, 2.45) is 0 Å². The maximum Gasteiger partial charge on any atom is 0.264 e. The van der Waals surface area contributed by atoms with Crippen molar-refractivity contribution >= 4 is 21.6 Å². The van der Waals surface area contributed by atoms with Crippen LogP contribution < -0.4 is 4.72 Å². The normalized spacial score (nSPS) is 11.2. The molecule has 2 rings (SSSR count). The first kappa shape index (κ1) is 18.9. The van der Waals surface area contributed by atoms with Crippen LogP contribution in [-0.2, 0) is 10.0 Å². The number of amides is 1. The second kappa shape index (κ2) is 7.60. The lowest BCUT2D eigenvalue weighted by Gasteiger charge is -2.18. The van der Waals surface area contributed by atoms with Crippen molar-refractivity contribution in [2.75, 3.05) is 17.8 Å². The first-order chi connectivity index (χ1) is 11.8. The summed E-state index contributed by atoms with van der Waals surface area (Å²) in [4.78, 5) is 13.0. The van der Waals surface area contributed by atoms with Crippen molar-refractivity contribution in [3.8, 4) is 0 Å². The van der Waals surface area contributed by atoms with Crippen molar-refractivity contribution in [1.29, 1.82) is 0 Å². The number of nitrogens with zero attached hydrogens (tertiary/aromatic N) is 1. The van der Waals surface area contributed by atoms with E-state index in [9.17, 15) is 22.0 Å². The fourth-order valence-electron chi connectivity index (χ4n) is 2.27. The molecule has 0 unspecified atom stereocenters. The molecule has 0 spiro atoms. The van der Waals surface area contributed by atoms with Gasteiger partial charge in [0, 0.05) is 24.3 Å². The van der Waals surface area contributed by atoms with Gasteiger partial charge in [-0.25, -0.2) is 17.2 Å². The SMILES string of the molecule is CCN(CC)C(=O)c1ccc(NS(=O)(=O)c2cc(F)ccc2F)cc1. The summed E-state index contributed by atoms with van der Waals surface area (Å²) in [7, 11) is -4.29. The van der Waals surface area contributed by atoms with Crippen LogP contribution in [0.2, 0.25) is 0 Å². The van der Waals surface area contributed by atoms with E-state index in [1.165, 1.54) is 24.3 Å². The molecular weight excluding hydrogens is 350 g/mol. The summed E-state index contributed by atoms with van der Waals surface area (Å²) >= 11 is 0. The van der Waals surface area contributed by atoms with E-state index in [4.69, 9.17) is 0 Å². The van der Waals surface area contributed by atoms with Crippen LogP contribution >= 0.6 is 0 Å². The van der Waals surface area contributed by atoms with Crippen LogP contribution in [0.25, 0.3) is 0 Å². The van der Waals surface area contributed by atoms with E-state index >= 15 is 0 Å². The number of sulfonamides is 1. The number of carbonyl (C=O) groups is 1. The highest BCUT2D eigenvalue weighted by Crippen LogP contribution is 2.20. The van der Waals surface area contributed by atoms with Gasteiger partial charge >= 0.3 is 0 Å². The average molecular weight is 368 g/mol. The second-order valence-corrected chi connectivity index (χ2v) is 6.89. The predicted octanol–water partition coefficient (Wildman–Crippen LogP) is 3.25. The van der Waals surface area contributed by atoms with Crippen molar-refractivity contribution in [1.82, 2.24) is 4.90 Å². The molecule has 1 N–H and O–H groups in total. The van der Waals surface area contributed by atoms with Crippen LogP contribution in [0.15, 0.2) is 47.4 Å². The van der Waals surface area contributed by atoms with Gasteiger partial charge in [-0.1, -0.05) is 0 Å². The van der Waals surface area contributed by atoms with Crippen LogP contribution in [0.5, 0.6) is 0 Å². The van der Waals surface area contributed by atoms with E-state index < -0.39 is 26.6 Å². The lowest BCUT2D eigenvalue weighted by molar-refractivity contribution is 0.0773. The standard InChI is InChI=1S/C17H18F2N2O3S/c1-3-21(4-2)17(22)12-5-8-14(9-6-12)20-25(23,24)16-11-13(18)7-10-15(16)19/h5-11,20H,3-4H2,1-2H3. The molecule has 1 amide bonds. The minimum Gasteiger partial charge on any atom is -0.339 e. The Morgan fingerprint density at radius 2 is 1.64 bits per heavy atom. The zero-order valence-electron chi connectivity index (χ0n) is 13.8. The van der Waals surface area contributed by atoms with Gasteiger partial charge in [-0.3, -0.25) is 9.52 Å². The molecule has 0 bridgehead atoms. The van der Waals surface area contributed by atoms with E-state index in [0.29, 0.717) is 24.7 Å². The van der Waals surface area contributed by atoms with Crippen molar-refractivity contribution in [3.63, 3.8) is 0 Å². The molecule has 5 nitrogen and oxygen atoms in total. The summed E-state index contributed by atoms with van der Waals surface area (Å²) in [6.07, 6.45) is 0. The molecule has 2 aromatic rings. The third kappa shape index (κ3) is 4.33. The molecule has 2 aromatic carbocycles. The van der Waals surface area contributed by atoms with E-state index in [1.54, 1.807) is 4.90 Å². The quantitative estimate of drug-likeness (QED) is 0.851. The molecule has 0 radical (unpaired) electrons. The third-order valence-electron chi connectivity index (χ3n) is 3.62. The van der Waals surface area contributed by atoms with E-state index in [-0.39, 0.29) is 11.6 Å². The largest absolute Gasteiger partial charge is 0.339 e. The third-order valence-corrected chi connectivity index (χ3v) is 5.01. The van der Waals surface area contributed by atoms with Gasteiger partial charge < -0.3 is 4.90 Å². The Morgan fingerprint density at radius 3 is 2.20 bits per heavy atom. The van der Waals surface area contributed by atoms with Gasteiger partial charge in [0.1, 0.15) is 16.5 Å². The van der Waals surface area contributed by atoms with Gasteiger partial charge in [-0.2, -0.15) is 0 Å². The molecule has 0 saturated carbocycles. The van der Waals surface area contributed by atoms with Crippen LogP contribution in [0.1, 0.15) is 24.2 Å². The molecule has 0 aliphatic heterocycles. The first-order valence-electron chi connectivity index (χ1n) is 7.65. The van der Waals surface area contributed by atoms with Crippen LogP contribution in [0, 0.1) is 11.6 Å². The lowest BCUT2D eigenvalue weighted by Crippen LogP contribution is -2.30. The number of carbonyl (C=O) groups excluding carboxylic acids is 1. The molecule has 0 aliphatic carbocycles. The molecule has 0 heterocycles. The van der Waals surface area contributed by atoms with Crippen molar-refractivity contribution in [3.05, 3.63) is 59.7 Å². The van der Waals surface area contributed by atoms with Crippen LogP contribution in [0.4, 0.5) is 14.5 Å². The van der Waals surface area contributed by atoms with Gasteiger partial charge in [0.25, 0.3) is 15.9 Å². The fourth-order valence-corrected chi connectivity index (χ4v) is 3.42. The summed E-state index contributed by atoms with van der Waals surface area (Å²) in [5, 5.41) is 0. The Kier molecular flexibility index (Phi) is 5.73. The number of anilines is 1. The summed E-state index contributed by atoms with van der Waals surface area (Å²) in [6.45, 7) is 4.83. The molecule has 0 saturated heterocycles. The first-order valence-corrected chi connectivity index (χ1v) is 9.14. The minimum absolute atomic E-state index is 0.139. The lowest BCUT2D eigenvalue weighted by atomic mass is 10.2. The highest BCUT2D eigenvalue weighted by molar-refractivity contribution is 7.92. The Hall–Kier alpha value is -2.48. The summed E-state index contributed by atoms with van der Waals surface area (Å²) < 4.78 is 53.4. The van der Waals surface area contributed by atoms with E-state index in [1.807, 2.05) is 13.8 Å². The topological polar surface area (TPSA) is 66.5 Å². The number of hydrogen-bond acceptors (Lipinski definition) is 3. The molecule has 0 aliphatic rings. The molecule has 25 heavy (non-hydrogen) atoms. The number of halogens is 2. The zero-order chi connectivity index (χ0) is 18.6. The maximum absolute atomic E-state index is 13.7. The molecule has 0 atom stereocenters. The Morgan fingerprint density at radius 1 is 1.04 bits per heavy atom. The van der Waals surface area contributed by atoms with Crippen LogP contribution in [-0.4, -0.2) is 32.3 Å². The summed E-state index contributed by atoms with van der Waals surface area (Å²) in [6, 6.07) is 7.92.